The summed E-state index contributed by atoms with van der Waals surface area (Å²) in [5, 5.41) is 11.9. The van der Waals surface area contributed by atoms with Gasteiger partial charge < -0.3 is 15.5 Å². The third-order valence-electron chi connectivity index (χ3n) is 5.19. The van der Waals surface area contributed by atoms with Crippen LogP contribution in [0.2, 0.25) is 0 Å². The molecule has 0 bridgehead atoms. The van der Waals surface area contributed by atoms with Gasteiger partial charge in [0.2, 0.25) is 10.0 Å². The van der Waals surface area contributed by atoms with E-state index in [2.05, 4.69) is 51.7 Å². The Bertz CT molecular complexity index is 991. The van der Waals surface area contributed by atoms with Crippen LogP contribution in [0.1, 0.15) is 43.9 Å². The van der Waals surface area contributed by atoms with E-state index in [-0.39, 0.29) is 34.9 Å². The average molecular weight is 558 g/mol. The van der Waals surface area contributed by atoms with Gasteiger partial charge in [0.05, 0.1) is 17.5 Å². The first kappa shape index (κ1) is 25.4. The molecule has 1 saturated heterocycles. The average Bonchev–Trinajstić information content (AvgIpc) is 3.27. The van der Waals surface area contributed by atoms with Gasteiger partial charge >= 0.3 is 0 Å². The molecule has 0 saturated carbocycles. The van der Waals surface area contributed by atoms with Crippen LogP contribution in [0.4, 0.5) is 5.69 Å². The largest absolute Gasteiger partial charge is 0.372 e. The summed E-state index contributed by atoms with van der Waals surface area (Å²) in [6.45, 7) is 7.43. The van der Waals surface area contributed by atoms with Crippen molar-refractivity contribution in [3.8, 4) is 0 Å². The topological polar surface area (TPSA) is 99.8 Å². The number of nitrogens with two attached hydrogens (primary N) is 1. The third-order valence-corrected chi connectivity index (χ3v) is 6.10. The molecule has 1 atom stereocenters. The van der Waals surface area contributed by atoms with Crippen molar-refractivity contribution < 1.29 is 8.42 Å². The molecule has 31 heavy (non-hydrogen) atoms. The minimum absolute atomic E-state index is 0. The molecule has 9 heteroatoms. The van der Waals surface area contributed by atoms with E-state index in [1.54, 1.807) is 12.1 Å². The van der Waals surface area contributed by atoms with Crippen LogP contribution < -0.4 is 20.7 Å². The lowest BCUT2D eigenvalue weighted by Gasteiger charge is -2.22. The Morgan fingerprint density at radius 2 is 1.87 bits per heavy atom. The van der Waals surface area contributed by atoms with Gasteiger partial charge in [-0.3, -0.25) is 0 Å². The van der Waals surface area contributed by atoms with Gasteiger partial charge in [-0.05, 0) is 62.1 Å². The monoisotopic (exact) mass is 557 g/mol. The second-order valence-electron chi connectivity index (χ2n) is 7.54. The van der Waals surface area contributed by atoms with Crippen molar-refractivity contribution in [1.29, 1.82) is 0 Å². The molecule has 1 unspecified atom stereocenters. The molecule has 1 heterocycles. The Balaban J connectivity index is 0.00000341. The van der Waals surface area contributed by atoms with Crippen LogP contribution in [0.15, 0.2) is 58.4 Å². The first-order chi connectivity index (χ1) is 14.4. The van der Waals surface area contributed by atoms with E-state index >= 15 is 0 Å². The fourth-order valence-corrected chi connectivity index (χ4v) is 4.15. The molecular weight excluding hydrogens is 525 g/mol. The van der Waals surface area contributed by atoms with Gasteiger partial charge in [-0.2, -0.15) is 0 Å². The standard InChI is InChI=1S/C22H31N5O2S.HI/c1-3-24-22(25-16-18-8-6-11-21(14-18)30(23,28)29)26-17(2)19-9-7-10-20(15-19)27-12-4-5-13-27;/h6-11,14-15,17H,3-5,12-13,16H2,1-2H3,(H2,23,28,29)(H2,24,25,26);1H. The van der Waals surface area contributed by atoms with Crippen molar-refractivity contribution in [3.05, 3.63) is 59.7 Å². The number of anilines is 1. The maximum Gasteiger partial charge on any atom is 0.238 e. The van der Waals surface area contributed by atoms with E-state index in [1.807, 2.05) is 13.0 Å². The number of benzene rings is 2. The summed E-state index contributed by atoms with van der Waals surface area (Å²) in [7, 11) is -3.72. The zero-order chi connectivity index (χ0) is 21.6. The van der Waals surface area contributed by atoms with Crippen LogP contribution >= 0.6 is 24.0 Å². The van der Waals surface area contributed by atoms with Crippen LogP contribution in [0.25, 0.3) is 0 Å². The van der Waals surface area contributed by atoms with E-state index in [0.29, 0.717) is 12.5 Å². The highest BCUT2D eigenvalue weighted by atomic mass is 127. The fourth-order valence-electron chi connectivity index (χ4n) is 3.57. The highest BCUT2D eigenvalue weighted by Gasteiger charge is 2.14. The molecule has 1 fully saturated rings. The molecule has 3 rings (SSSR count). The Labute approximate surface area is 202 Å². The predicted molar refractivity (Wildman–Crippen MR) is 137 cm³/mol. The molecule has 2 aromatic rings. The molecule has 0 amide bonds. The molecule has 0 spiro atoms. The zero-order valence-corrected chi connectivity index (χ0v) is 21.2. The molecule has 7 nitrogen and oxygen atoms in total. The number of primary sulfonamides is 1. The summed E-state index contributed by atoms with van der Waals surface area (Å²) < 4.78 is 23.1. The Hall–Kier alpha value is -1.85. The minimum atomic E-state index is -3.72. The number of sulfonamides is 1. The summed E-state index contributed by atoms with van der Waals surface area (Å²) in [5.41, 5.74) is 3.24. The van der Waals surface area contributed by atoms with Crippen molar-refractivity contribution in [2.24, 2.45) is 10.1 Å². The van der Waals surface area contributed by atoms with Gasteiger partial charge in [0.1, 0.15) is 0 Å². The third kappa shape index (κ3) is 7.36. The summed E-state index contributed by atoms with van der Waals surface area (Å²) in [6, 6.07) is 15.3. The van der Waals surface area contributed by atoms with Crippen molar-refractivity contribution in [3.63, 3.8) is 0 Å². The summed E-state index contributed by atoms with van der Waals surface area (Å²) in [6.07, 6.45) is 2.50. The van der Waals surface area contributed by atoms with E-state index in [4.69, 9.17) is 5.14 Å². The maximum atomic E-state index is 11.6. The molecule has 1 aliphatic heterocycles. The fraction of sp³-hybridized carbons (Fsp3) is 0.409. The number of halogens is 1. The van der Waals surface area contributed by atoms with Crippen molar-refractivity contribution in [2.75, 3.05) is 24.5 Å². The van der Waals surface area contributed by atoms with E-state index in [0.717, 1.165) is 25.2 Å². The molecule has 2 aromatic carbocycles. The molecule has 0 aliphatic carbocycles. The summed E-state index contributed by atoms with van der Waals surface area (Å²) >= 11 is 0. The lowest BCUT2D eigenvalue weighted by molar-refractivity contribution is 0.597. The van der Waals surface area contributed by atoms with Crippen LogP contribution in [0, 0.1) is 0 Å². The van der Waals surface area contributed by atoms with Crippen LogP contribution in [-0.2, 0) is 16.6 Å². The van der Waals surface area contributed by atoms with Gasteiger partial charge in [-0.15, -0.1) is 24.0 Å². The molecular formula is C22H32IN5O2S. The number of aliphatic imine (C=N–C) groups is 1. The van der Waals surface area contributed by atoms with E-state index in [1.165, 1.54) is 30.2 Å². The van der Waals surface area contributed by atoms with Crippen molar-refractivity contribution in [2.45, 2.75) is 44.2 Å². The Morgan fingerprint density at radius 1 is 1.16 bits per heavy atom. The lowest BCUT2D eigenvalue weighted by atomic mass is 10.1. The number of hydrogen-bond acceptors (Lipinski definition) is 4. The van der Waals surface area contributed by atoms with Crippen LogP contribution in [0.3, 0.4) is 0 Å². The molecule has 170 valence electrons. The second-order valence-corrected chi connectivity index (χ2v) is 9.10. The second kappa shape index (κ2) is 11.7. The first-order valence-electron chi connectivity index (χ1n) is 10.4. The maximum absolute atomic E-state index is 11.6. The molecule has 0 radical (unpaired) electrons. The number of nitrogens with zero attached hydrogens (tertiary/aromatic N) is 2. The molecule has 4 N–H and O–H groups in total. The Morgan fingerprint density at radius 3 is 2.55 bits per heavy atom. The quantitative estimate of drug-likeness (QED) is 0.276. The van der Waals surface area contributed by atoms with Gasteiger partial charge in [0.25, 0.3) is 0 Å². The van der Waals surface area contributed by atoms with Gasteiger partial charge in [0, 0.05) is 25.3 Å². The minimum Gasteiger partial charge on any atom is -0.372 e. The highest BCUT2D eigenvalue weighted by Crippen LogP contribution is 2.24. The molecule has 1 aliphatic rings. The van der Waals surface area contributed by atoms with Gasteiger partial charge in [-0.25, -0.2) is 18.5 Å². The summed E-state index contributed by atoms with van der Waals surface area (Å²) in [4.78, 5) is 7.14. The normalized spacial score (nSPS) is 15.3. The van der Waals surface area contributed by atoms with E-state index < -0.39 is 10.0 Å². The highest BCUT2D eigenvalue weighted by molar-refractivity contribution is 14.0. The van der Waals surface area contributed by atoms with Crippen molar-refractivity contribution in [1.82, 2.24) is 10.6 Å². The first-order valence-corrected chi connectivity index (χ1v) is 11.9. The number of guanidine groups is 1. The SMILES string of the molecule is CCNC(=NCc1cccc(S(N)(=O)=O)c1)NC(C)c1cccc(N2CCCC2)c1.I. The number of rotatable bonds is 7. The number of nitrogens with one attached hydrogen (secondary N) is 2. The predicted octanol–water partition coefficient (Wildman–Crippen LogP) is 3.37. The van der Waals surface area contributed by atoms with E-state index in [9.17, 15) is 8.42 Å². The summed E-state index contributed by atoms with van der Waals surface area (Å²) in [5.74, 6) is 0.678. The Kier molecular flexibility index (Phi) is 9.57. The smallest absolute Gasteiger partial charge is 0.238 e. The van der Waals surface area contributed by atoms with Crippen molar-refractivity contribution >= 4 is 45.6 Å². The number of hydrogen-bond donors (Lipinski definition) is 3. The zero-order valence-electron chi connectivity index (χ0n) is 18.0. The lowest BCUT2D eigenvalue weighted by Crippen LogP contribution is -2.38. The van der Waals surface area contributed by atoms with Crippen LogP contribution in [0.5, 0.6) is 0 Å². The molecule has 0 aromatic heterocycles. The van der Waals surface area contributed by atoms with Gasteiger partial charge in [0.15, 0.2) is 5.96 Å². The van der Waals surface area contributed by atoms with Gasteiger partial charge in [-0.1, -0.05) is 24.3 Å². The van der Waals surface area contributed by atoms with Crippen LogP contribution in [-0.4, -0.2) is 34.0 Å².